The number of hydrogen-bond donors (Lipinski definition) is 3. The van der Waals surface area contributed by atoms with Gasteiger partial charge in [-0.3, -0.25) is 9.89 Å². The number of aryl methyl sites for hydroxylation is 1. The van der Waals surface area contributed by atoms with Crippen molar-refractivity contribution in [2.24, 2.45) is 11.7 Å². The summed E-state index contributed by atoms with van der Waals surface area (Å²) in [4.78, 5) is 11.8. The van der Waals surface area contributed by atoms with Gasteiger partial charge in [-0.25, -0.2) is 0 Å². The smallest absolute Gasteiger partial charge is 0.242 e. The molecular formula is C12H23ClN4O. The minimum absolute atomic E-state index is 0. The summed E-state index contributed by atoms with van der Waals surface area (Å²) in [7, 11) is 0. The molecule has 0 fully saturated rings. The highest BCUT2D eigenvalue weighted by Crippen LogP contribution is 2.10. The van der Waals surface area contributed by atoms with Crippen molar-refractivity contribution in [1.29, 1.82) is 0 Å². The van der Waals surface area contributed by atoms with Crippen molar-refractivity contribution in [2.75, 3.05) is 5.32 Å². The fourth-order valence-corrected chi connectivity index (χ4v) is 1.54. The second-order valence-corrected chi connectivity index (χ2v) is 4.43. The molecule has 18 heavy (non-hydrogen) atoms. The fourth-order valence-electron chi connectivity index (χ4n) is 1.54. The molecule has 0 saturated carbocycles. The first-order valence-electron chi connectivity index (χ1n) is 6.19. The summed E-state index contributed by atoms with van der Waals surface area (Å²) in [6.07, 6.45) is 2.86. The molecule has 0 radical (unpaired) electrons. The van der Waals surface area contributed by atoms with E-state index in [9.17, 15) is 4.79 Å². The van der Waals surface area contributed by atoms with Crippen molar-refractivity contribution in [3.05, 3.63) is 11.8 Å². The lowest BCUT2D eigenvalue weighted by molar-refractivity contribution is -0.118. The van der Waals surface area contributed by atoms with Gasteiger partial charge in [-0.15, -0.1) is 12.4 Å². The minimum Gasteiger partial charge on any atom is -0.320 e. The van der Waals surface area contributed by atoms with Crippen LogP contribution in [0.5, 0.6) is 0 Å². The number of rotatable bonds is 6. The van der Waals surface area contributed by atoms with Gasteiger partial charge in [0.2, 0.25) is 5.91 Å². The Hall–Kier alpha value is -1.07. The van der Waals surface area contributed by atoms with Gasteiger partial charge in [-0.05, 0) is 12.3 Å². The van der Waals surface area contributed by atoms with Crippen LogP contribution >= 0.6 is 12.4 Å². The number of hydrogen-bond acceptors (Lipinski definition) is 3. The van der Waals surface area contributed by atoms with E-state index >= 15 is 0 Å². The van der Waals surface area contributed by atoms with Crippen LogP contribution in [0.25, 0.3) is 0 Å². The molecule has 1 aromatic rings. The Morgan fingerprint density at radius 1 is 1.56 bits per heavy atom. The van der Waals surface area contributed by atoms with E-state index in [-0.39, 0.29) is 24.2 Å². The second kappa shape index (κ2) is 8.11. The Balaban J connectivity index is 0.00000289. The molecule has 1 amide bonds. The summed E-state index contributed by atoms with van der Waals surface area (Å²) >= 11 is 0. The van der Waals surface area contributed by atoms with Crippen molar-refractivity contribution >= 4 is 24.1 Å². The van der Waals surface area contributed by atoms with E-state index in [0.717, 1.165) is 25.0 Å². The highest BCUT2D eigenvalue weighted by atomic mass is 35.5. The van der Waals surface area contributed by atoms with Crippen LogP contribution in [0, 0.1) is 5.92 Å². The van der Waals surface area contributed by atoms with E-state index in [4.69, 9.17) is 5.73 Å². The number of nitrogens with zero attached hydrogens (tertiary/aromatic N) is 1. The third-order valence-electron chi connectivity index (χ3n) is 2.96. The topological polar surface area (TPSA) is 83.8 Å². The quantitative estimate of drug-likeness (QED) is 0.743. The maximum Gasteiger partial charge on any atom is 0.242 e. The van der Waals surface area contributed by atoms with Crippen molar-refractivity contribution < 1.29 is 4.79 Å². The zero-order chi connectivity index (χ0) is 12.8. The van der Waals surface area contributed by atoms with E-state index in [1.54, 1.807) is 0 Å². The number of nitrogens with one attached hydrogen (secondary N) is 2. The third-order valence-corrected chi connectivity index (χ3v) is 2.96. The van der Waals surface area contributed by atoms with Crippen molar-refractivity contribution in [3.8, 4) is 0 Å². The summed E-state index contributed by atoms with van der Waals surface area (Å²) < 4.78 is 0. The van der Waals surface area contributed by atoms with Crippen LogP contribution in [-0.4, -0.2) is 22.1 Å². The van der Waals surface area contributed by atoms with Crippen LogP contribution < -0.4 is 11.1 Å². The average molecular weight is 275 g/mol. The van der Waals surface area contributed by atoms with Gasteiger partial charge < -0.3 is 11.1 Å². The van der Waals surface area contributed by atoms with E-state index in [2.05, 4.69) is 22.4 Å². The van der Waals surface area contributed by atoms with Gasteiger partial charge in [0.15, 0.2) is 5.82 Å². The molecule has 0 aliphatic carbocycles. The molecule has 0 aromatic carbocycles. The van der Waals surface area contributed by atoms with Gasteiger partial charge in [0.05, 0.1) is 6.04 Å². The molecule has 6 heteroatoms. The molecule has 4 N–H and O–H groups in total. The molecule has 0 spiro atoms. The molecule has 1 heterocycles. The first kappa shape index (κ1) is 16.9. The number of anilines is 1. The molecule has 5 nitrogen and oxygen atoms in total. The Labute approximate surface area is 114 Å². The zero-order valence-corrected chi connectivity index (χ0v) is 12.0. The van der Waals surface area contributed by atoms with Crippen molar-refractivity contribution in [3.63, 3.8) is 0 Å². The SMILES string of the molecule is CCCc1cc(NC(=O)C(N)C(C)CC)n[nH]1.Cl. The lowest BCUT2D eigenvalue weighted by Gasteiger charge is -2.16. The zero-order valence-electron chi connectivity index (χ0n) is 11.2. The lowest BCUT2D eigenvalue weighted by Crippen LogP contribution is -2.40. The van der Waals surface area contributed by atoms with Crippen LogP contribution in [0.3, 0.4) is 0 Å². The van der Waals surface area contributed by atoms with Crippen LogP contribution in [0.4, 0.5) is 5.82 Å². The van der Waals surface area contributed by atoms with Crippen molar-refractivity contribution in [1.82, 2.24) is 10.2 Å². The van der Waals surface area contributed by atoms with Crippen LogP contribution in [0.2, 0.25) is 0 Å². The van der Waals surface area contributed by atoms with Gasteiger partial charge in [-0.2, -0.15) is 5.10 Å². The van der Waals surface area contributed by atoms with Gasteiger partial charge in [0.25, 0.3) is 0 Å². The first-order chi connectivity index (χ1) is 8.08. The molecule has 1 rings (SSSR count). The summed E-state index contributed by atoms with van der Waals surface area (Å²) in [5, 5.41) is 9.65. The van der Waals surface area contributed by atoms with E-state index in [1.807, 2.05) is 19.9 Å². The highest BCUT2D eigenvalue weighted by Gasteiger charge is 2.20. The second-order valence-electron chi connectivity index (χ2n) is 4.43. The number of carbonyl (C=O) groups excluding carboxylic acids is 1. The van der Waals surface area contributed by atoms with E-state index in [0.29, 0.717) is 5.82 Å². The fraction of sp³-hybridized carbons (Fsp3) is 0.667. The maximum atomic E-state index is 11.8. The number of carbonyl (C=O) groups is 1. The summed E-state index contributed by atoms with van der Waals surface area (Å²) in [5.74, 6) is 0.551. The number of nitrogens with two attached hydrogens (primary N) is 1. The Morgan fingerprint density at radius 3 is 2.78 bits per heavy atom. The number of amides is 1. The minimum atomic E-state index is -0.480. The molecule has 0 aliphatic heterocycles. The van der Waals surface area contributed by atoms with Gasteiger partial charge in [0.1, 0.15) is 0 Å². The number of H-pyrrole nitrogens is 1. The Bertz CT molecular complexity index is 367. The maximum absolute atomic E-state index is 11.8. The summed E-state index contributed by atoms with van der Waals surface area (Å²) in [5.41, 5.74) is 6.86. The first-order valence-corrected chi connectivity index (χ1v) is 6.19. The molecule has 0 saturated heterocycles. The van der Waals surface area contributed by atoms with Gasteiger partial charge >= 0.3 is 0 Å². The van der Waals surface area contributed by atoms with Crippen LogP contribution in [0.1, 0.15) is 39.3 Å². The largest absolute Gasteiger partial charge is 0.320 e. The Morgan fingerprint density at radius 2 is 2.22 bits per heavy atom. The molecule has 0 bridgehead atoms. The highest BCUT2D eigenvalue weighted by molar-refractivity contribution is 5.94. The predicted octanol–water partition coefficient (Wildman–Crippen LogP) is 2.10. The monoisotopic (exact) mass is 274 g/mol. The van der Waals surface area contributed by atoms with Gasteiger partial charge in [-0.1, -0.05) is 33.6 Å². The number of aromatic amines is 1. The van der Waals surface area contributed by atoms with Crippen molar-refractivity contribution in [2.45, 2.75) is 46.1 Å². The standard InChI is InChI=1S/C12H22N4O.ClH/c1-4-6-9-7-10(16-15-9)14-12(17)11(13)8(3)5-2;/h7-8,11H,4-6,13H2,1-3H3,(H2,14,15,16,17);1H. The predicted molar refractivity (Wildman–Crippen MR) is 75.9 cm³/mol. The summed E-state index contributed by atoms with van der Waals surface area (Å²) in [6.45, 7) is 6.08. The lowest BCUT2D eigenvalue weighted by atomic mass is 9.99. The van der Waals surface area contributed by atoms with Gasteiger partial charge in [0, 0.05) is 11.8 Å². The summed E-state index contributed by atoms with van der Waals surface area (Å²) in [6, 6.07) is 1.37. The Kier molecular flexibility index (Phi) is 7.62. The molecular weight excluding hydrogens is 252 g/mol. The number of halogens is 1. The molecule has 104 valence electrons. The van der Waals surface area contributed by atoms with Crippen LogP contribution in [0.15, 0.2) is 6.07 Å². The molecule has 0 aliphatic rings. The molecule has 2 atom stereocenters. The third kappa shape index (κ3) is 4.66. The van der Waals surface area contributed by atoms with Crippen LogP contribution in [-0.2, 0) is 11.2 Å². The number of aromatic nitrogens is 2. The normalized spacial score (nSPS) is 13.6. The van der Waals surface area contributed by atoms with E-state index in [1.165, 1.54) is 0 Å². The average Bonchev–Trinajstić information content (AvgIpc) is 2.75. The molecule has 2 unspecified atom stereocenters. The van der Waals surface area contributed by atoms with E-state index < -0.39 is 6.04 Å². The molecule has 1 aromatic heterocycles.